The number of carbonyl (C=O) groups excluding carboxylic acids is 1. The smallest absolute Gasteiger partial charge is 0.272 e. The lowest BCUT2D eigenvalue weighted by Gasteiger charge is -2.08. The molecule has 0 unspecified atom stereocenters. The van der Waals surface area contributed by atoms with Crippen molar-refractivity contribution in [3.8, 4) is 5.75 Å². The molecule has 0 radical (unpaired) electrons. The van der Waals surface area contributed by atoms with Crippen LogP contribution in [-0.4, -0.2) is 22.2 Å². The molecule has 1 aromatic carbocycles. The first-order valence-electron chi connectivity index (χ1n) is 6.41. The van der Waals surface area contributed by atoms with Crippen molar-refractivity contribution in [1.82, 2.24) is 15.1 Å². The number of nitrogens with one attached hydrogen (secondary N) is 1. The molecule has 0 saturated heterocycles. The van der Waals surface area contributed by atoms with Crippen LogP contribution in [0.4, 0.5) is 0 Å². The number of aryl methyl sites for hydroxylation is 1. The van der Waals surface area contributed by atoms with Crippen molar-refractivity contribution < 1.29 is 9.53 Å². The van der Waals surface area contributed by atoms with Crippen molar-refractivity contribution in [3.63, 3.8) is 0 Å². The van der Waals surface area contributed by atoms with E-state index in [-0.39, 0.29) is 12.6 Å². The fraction of sp³-hybridized carbons (Fsp3) is 0.200. The Bertz CT molecular complexity index is 652. The number of halogens is 1. The molecule has 0 fully saturated rings. The van der Waals surface area contributed by atoms with Crippen molar-refractivity contribution >= 4 is 17.5 Å². The molecule has 1 aromatic heterocycles. The van der Waals surface area contributed by atoms with E-state index in [0.717, 1.165) is 5.56 Å². The first-order valence-corrected chi connectivity index (χ1v) is 6.79. The molecule has 1 amide bonds. The number of hydrogen-bond acceptors (Lipinski definition) is 3. The lowest BCUT2D eigenvalue weighted by atomic mass is 10.2. The van der Waals surface area contributed by atoms with Crippen molar-refractivity contribution in [1.29, 1.82) is 0 Å². The predicted octanol–water partition coefficient (Wildman–Crippen LogP) is 2.80. The minimum Gasteiger partial charge on any atom is -0.470 e. The SMILES string of the molecule is C=CCNC(=O)c1ccn(COc2cc(C)ccc2Cl)n1. The van der Waals surface area contributed by atoms with Gasteiger partial charge >= 0.3 is 0 Å². The summed E-state index contributed by atoms with van der Waals surface area (Å²) in [5, 5.41) is 7.33. The summed E-state index contributed by atoms with van der Waals surface area (Å²) in [4.78, 5) is 11.7. The van der Waals surface area contributed by atoms with E-state index in [1.807, 2.05) is 19.1 Å². The first kappa shape index (κ1) is 15.1. The summed E-state index contributed by atoms with van der Waals surface area (Å²) in [5.41, 5.74) is 1.38. The van der Waals surface area contributed by atoms with Crippen molar-refractivity contribution in [2.75, 3.05) is 6.54 Å². The average molecular weight is 306 g/mol. The minimum atomic E-state index is -0.248. The maximum Gasteiger partial charge on any atom is 0.272 e. The number of benzene rings is 1. The van der Waals surface area contributed by atoms with Crippen LogP contribution in [0.5, 0.6) is 5.75 Å². The summed E-state index contributed by atoms with van der Waals surface area (Å²) in [7, 11) is 0. The van der Waals surface area contributed by atoms with Crippen LogP contribution < -0.4 is 10.1 Å². The van der Waals surface area contributed by atoms with E-state index >= 15 is 0 Å². The van der Waals surface area contributed by atoms with Crippen LogP contribution in [0.3, 0.4) is 0 Å². The first-order chi connectivity index (χ1) is 10.1. The van der Waals surface area contributed by atoms with E-state index in [1.165, 1.54) is 4.68 Å². The average Bonchev–Trinajstić information content (AvgIpc) is 2.94. The summed E-state index contributed by atoms with van der Waals surface area (Å²) in [6.45, 7) is 6.08. The molecular formula is C15H16ClN3O2. The van der Waals surface area contributed by atoms with Crippen LogP contribution in [0.15, 0.2) is 43.1 Å². The lowest BCUT2D eigenvalue weighted by molar-refractivity contribution is 0.0951. The van der Waals surface area contributed by atoms with E-state index < -0.39 is 0 Å². The van der Waals surface area contributed by atoms with Gasteiger partial charge in [-0.25, -0.2) is 4.68 Å². The Morgan fingerprint density at radius 3 is 3.10 bits per heavy atom. The van der Waals surface area contributed by atoms with E-state index in [2.05, 4.69) is 17.0 Å². The molecule has 1 heterocycles. The molecule has 21 heavy (non-hydrogen) atoms. The van der Waals surface area contributed by atoms with Gasteiger partial charge in [0.15, 0.2) is 6.73 Å². The summed E-state index contributed by atoms with van der Waals surface area (Å²) in [5.74, 6) is 0.340. The minimum absolute atomic E-state index is 0.178. The second-order valence-electron chi connectivity index (χ2n) is 4.45. The van der Waals surface area contributed by atoms with Gasteiger partial charge in [0.1, 0.15) is 11.4 Å². The third-order valence-corrected chi connectivity index (χ3v) is 3.03. The van der Waals surface area contributed by atoms with Crippen molar-refractivity contribution in [3.05, 3.63) is 59.4 Å². The molecule has 2 rings (SSSR count). The largest absolute Gasteiger partial charge is 0.470 e. The van der Waals surface area contributed by atoms with Crippen LogP contribution in [0.2, 0.25) is 5.02 Å². The third kappa shape index (κ3) is 4.10. The quantitative estimate of drug-likeness (QED) is 0.835. The number of nitrogens with zero attached hydrogens (tertiary/aromatic N) is 2. The van der Waals surface area contributed by atoms with Gasteiger partial charge in [-0.3, -0.25) is 4.79 Å². The van der Waals surface area contributed by atoms with E-state index in [9.17, 15) is 4.79 Å². The highest BCUT2D eigenvalue weighted by molar-refractivity contribution is 6.32. The fourth-order valence-corrected chi connectivity index (χ4v) is 1.84. The zero-order valence-electron chi connectivity index (χ0n) is 11.7. The third-order valence-electron chi connectivity index (χ3n) is 2.72. The molecule has 0 aliphatic heterocycles. The Balaban J connectivity index is 1.98. The molecule has 0 atom stereocenters. The molecule has 0 aliphatic rings. The summed E-state index contributed by atoms with van der Waals surface area (Å²) >= 11 is 6.05. The molecule has 110 valence electrons. The van der Waals surface area contributed by atoms with Crippen molar-refractivity contribution in [2.24, 2.45) is 0 Å². The Morgan fingerprint density at radius 2 is 2.33 bits per heavy atom. The number of hydrogen-bond donors (Lipinski definition) is 1. The van der Waals surface area contributed by atoms with Crippen LogP contribution in [0.25, 0.3) is 0 Å². The van der Waals surface area contributed by atoms with Crippen LogP contribution in [0.1, 0.15) is 16.1 Å². The number of amides is 1. The van der Waals surface area contributed by atoms with Gasteiger partial charge in [0.2, 0.25) is 0 Å². The Labute approximate surface area is 128 Å². The van der Waals surface area contributed by atoms with Crippen LogP contribution in [-0.2, 0) is 6.73 Å². The number of ether oxygens (including phenoxy) is 1. The zero-order valence-corrected chi connectivity index (χ0v) is 12.4. The maximum absolute atomic E-state index is 11.7. The molecule has 6 heteroatoms. The predicted molar refractivity (Wildman–Crippen MR) is 81.6 cm³/mol. The molecule has 1 N–H and O–H groups in total. The van der Waals surface area contributed by atoms with E-state index in [4.69, 9.17) is 16.3 Å². The number of aromatic nitrogens is 2. The van der Waals surface area contributed by atoms with Gasteiger partial charge in [-0.1, -0.05) is 23.7 Å². The number of rotatable bonds is 6. The Hall–Kier alpha value is -2.27. The molecule has 0 saturated carbocycles. The molecule has 5 nitrogen and oxygen atoms in total. The summed E-state index contributed by atoms with van der Waals surface area (Å²) in [6.07, 6.45) is 3.28. The van der Waals surface area contributed by atoms with Gasteiger partial charge in [0, 0.05) is 12.7 Å². The van der Waals surface area contributed by atoms with Gasteiger partial charge < -0.3 is 10.1 Å². The van der Waals surface area contributed by atoms with Gasteiger partial charge in [0.25, 0.3) is 5.91 Å². The highest BCUT2D eigenvalue weighted by Crippen LogP contribution is 2.25. The molecule has 0 bridgehead atoms. The van der Waals surface area contributed by atoms with E-state index in [1.54, 1.807) is 24.4 Å². The van der Waals surface area contributed by atoms with Crippen LogP contribution in [0, 0.1) is 6.92 Å². The zero-order chi connectivity index (χ0) is 15.2. The second kappa shape index (κ2) is 6.95. The monoisotopic (exact) mass is 305 g/mol. The van der Waals surface area contributed by atoms with Gasteiger partial charge in [0.05, 0.1) is 5.02 Å². The topological polar surface area (TPSA) is 56.2 Å². The highest BCUT2D eigenvalue weighted by Gasteiger charge is 2.09. The normalized spacial score (nSPS) is 10.2. The number of carbonyl (C=O) groups is 1. The van der Waals surface area contributed by atoms with Crippen molar-refractivity contribution in [2.45, 2.75) is 13.7 Å². The Kier molecular flexibility index (Phi) is 5.00. The molecule has 0 spiro atoms. The summed E-state index contributed by atoms with van der Waals surface area (Å²) < 4.78 is 7.13. The van der Waals surface area contributed by atoms with Crippen LogP contribution >= 0.6 is 11.6 Å². The molecule has 0 aliphatic carbocycles. The Morgan fingerprint density at radius 1 is 1.52 bits per heavy atom. The standard InChI is InChI=1S/C15H16ClN3O2/c1-3-7-17-15(20)13-6-8-19(18-13)10-21-14-9-11(2)4-5-12(14)16/h3-6,8-9H,1,7,10H2,2H3,(H,17,20). The maximum atomic E-state index is 11.7. The highest BCUT2D eigenvalue weighted by atomic mass is 35.5. The second-order valence-corrected chi connectivity index (χ2v) is 4.85. The molecule has 2 aromatic rings. The molecular weight excluding hydrogens is 290 g/mol. The van der Waals surface area contributed by atoms with E-state index in [0.29, 0.717) is 23.0 Å². The fourth-order valence-electron chi connectivity index (χ4n) is 1.67. The van der Waals surface area contributed by atoms with Gasteiger partial charge in [-0.05, 0) is 30.7 Å². The summed E-state index contributed by atoms with van der Waals surface area (Å²) in [6, 6.07) is 7.16. The lowest BCUT2D eigenvalue weighted by Crippen LogP contribution is -2.24. The van der Waals surface area contributed by atoms with Gasteiger partial charge in [-0.15, -0.1) is 6.58 Å². The van der Waals surface area contributed by atoms with Gasteiger partial charge in [-0.2, -0.15) is 5.10 Å².